The Hall–Kier alpha value is -2.77. The second kappa shape index (κ2) is 14.3. The average Bonchev–Trinajstić information content (AvgIpc) is 3.63. The third kappa shape index (κ3) is 7.49. The Balaban J connectivity index is 1.05. The quantitative estimate of drug-likeness (QED) is 0.0875. The van der Waals surface area contributed by atoms with Crippen molar-refractivity contribution in [1.29, 1.82) is 0 Å². The molecule has 9 nitrogen and oxygen atoms in total. The number of aromatic nitrogens is 3. The van der Waals surface area contributed by atoms with Gasteiger partial charge in [0.25, 0.3) is 0 Å². The molecular weight excluding hydrogens is 704 g/mol. The molecule has 2 N–H and O–H groups in total. The molecule has 228 valence electrons. The molecule has 1 aliphatic heterocycles. The van der Waals surface area contributed by atoms with Crippen molar-refractivity contribution in [3.63, 3.8) is 0 Å². The summed E-state index contributed by atoms with van der Waals surface area (Å²) in [5, 5.41) is 12.1. The van der Waals surface area contributed by atoms with Crippen LogP contribution in [-0.4, -0.2) is 51.2 Å². The Morgan fingerprint density at radius 2 is 1.74 bits per heavy atom. The van der Waals surface area contributed by atoms with Crippen LogP contribution in [-0.2, 0) is 15.3 Å². The number of alkyl halides is 1. The SMILES string of the molecule is CCC(C)n1ncn(-c2ccc(NCCNc3ccc(OCC4CO[C@](CI)(c5ccc(Cl)cc5Cl)O4)cc3)cc2)c1=O. The van der Waals surface area contributed by atoms with Gasteiger partial charge in [0.2, 0.25) is 5.79 Å². The van der Waals surface area contributed by atoms with E-state index in [2.05, 4.69) is 38.3 Å². The summed E-state index contributed by atoms with van der Waals surface area (Å²) in [5.41, 5.74) is 3.38. The van der Waals surface area contributed by atoms with E-state index in [0.717, 1.165) is 47.9 Å². The first-order valence-corrected chi connectivity index (χ1v) is 16.4. The van der Waals surface area contributed by atoms with E-state index in [9.17, 15) is 4.79 Å². The molecule has 1 fully saturated rings. The Labute approximate surface area is 274 Å². The van der Waals surface area contributed by atoms with E-state index in [1.807, 2.05) is 68.4 Å². The molecule has 2 unspecified atom stereocenters. The van der Waals surface area contributed by atoms with Crippen LogP contribution in [0.3, 0.4) is 0 Å². The van der Waals surface area contributed by atoms with Gasteiger partial charge in [-0.25, -0.2) is 14.0 Å². The van der Waals surface area contributed by atoms with Crippen LogP contribution < -0.4 is 21.1 Å². The Morgan fingerprint density at radius 3 is 2.37 bits per heavy atom. The number of benzene rings is 3. The molecule has 43 heavy (non-hydrogen) atoms. The van der Waals surface area contributed by atoms with Gasteiger partial charge in [-0.1, -0.05) is 58.8 Å². The summed E-state index contributed by atoms with van der Waals surface area (Å²) in [4.78, 5) is 12.6. The van der Waals surface area contributed by atoms with Crippen LogP contribution in [0.25, 0.3) is 5.69 Å². The van der Waals surface area contributed by atoms with Crippen molar-refractivity contribution >= 4 is 57.2 Å². The van der Waals surface area contributed by atoms with Gasteiger partial charge < -0.3 is 24.8 Å². The number of rotatable bonds is 13. The molecule has 3 atom stereocenters. The topological polar surface area (TPSA) is 91.6 Å². The predicted molar refractivity (Wildman–Crippen MR) is 180 cm³/mol. The molecule has 0 amide bonds. The van der Waals surface area contributed by atoms with Gasteiger partial charge in [-0.15, -0.1) is 0 Å². The minimum absolute atomic E-state index is 0.0654. The molecule has 2 heterocycles. The second-order valence-electron chi connectivity index (χ2n) is 10.3. The maximum Gasteiger partial charge on any atom is 0.350 e. The molecule has 0 radical (unpaired) electrons. The Morgan fingerprint density at radius 1 is 1.07 bits per heavy atom. The van der Waals surface area contributed by atoms with Gasteiger partial charge in [-0.2, -0.15) is 5.10 Å². The van der Waals surface area contributed by atoms with Crippen LogP contribution in [0.1, 0.15) is 31.9 Å². The Bertz CT molecular complexity index is 1560. The number of hydrogen-bond donors (Lipinski definition) is 2. The van der Waals surface area contributed by atoms with E-state index in [1.165, 1.54) is 4.68 Å². The molecule has 0 bridgehead atoms. The lowest BCUT2D eigenvalue weighted by atomic mass is 10.1. The van der Waals surface area contributed by atoms with Gasteiger partial charge in [-0.3, -0.25) is 0 Å². The maximum absolute atomic E-state index is 12.6. The van der Waals surface area contributed by atoms with E-state index in [4.69, 9.17) is 37.4 Å². The van der Waals surface area contributed by atoms with E-state index >= 15 is 0 Å². The first-order valence-electron chi connectivity index (χ1n) is 14.1. The van der Waals surface area contributed by atoms with Crippen molar-refractivity contribution in [2.24, 2.45) is 0 Å². The normalized spacial score (nSPS) is 18.9. The first kappa shape index (κ1) is 31.6. The molecule has 0 spiro atoms. The summed E-state index contributed by atoms with van der Waals surface area (Å²) in [6, 6.07) is 21.0. The number of nitrogens with zero attached hydrogens (tertiary/aromatic N) is 3. The molecule has 3 aromatic carbocycles. The molecule has 0 aliphatic carbocycles. The monoisotopic (exact) mass is 737 g/mol. The van der Waals surface area contributed by atoms with Crippen LogP contribution in [0.15, 0.2) is 77.9 Å². The first-order chi connectivity index (χ1) is 20.8. The van der Waals surface area contributed by atoms with Crippen molar-refractivity contribution in [1.82, 2.24) is 14.3 Å². The lowest BCUT2D eigenvalue weighted by Crippen LogP contribution is -2.31. The number of hydrogen-bond acceptors (Lipinski definition) is 7. The predicted octanol–water partition coefficient (Wildman–Crippen LogP) is 6.92. The van der Waals surface area contributed by atoms with Gasteiger partial charge in [0, 0.05) is 35.1 Å². The third-order valence-corrected chi connectivity index (χ3v) is 8.85. The van der Waals surface area contributed by atoms with Gasteiger partial charge in [0.15, 0.2) is 0 Å². The van der Waals surface area contributed by atoms with Gasteiger partial charge in [0.05, 0.1) is 27.8 Å². The number of anilines is 2. The van der Waals surface area contributed by atoms with Crippen LogP contribution in [0.5, 0.6) is 5.75 Å². The smallest absolute Gasteiger partial charge is 0.350 e. The summed E-state index contributed by atoms with van der Waals surface area (Å²) in [6.45, 7) is 6.23. The molecule has 1 aliphatic rings. The minimum Gasteiger partial charge on any atom is -0.491 e. The molecule has 4 aromatic rings. The molecule has 0 saturated carbocycles. The number of halogens is 3. The average molecular weight is 738 g/mol. The fraction of sp³-hybridized carbons (Fsp3) is 0.355. The van der Waals surface area contributed by atoms with E-state index in [0.29, 0.717) is 27.7 Å². The summed E-state index contributed by atoms with van der Waals surface area (Å²) in [7, 11) is 0. The standard InChI is InChI=1S/C31H34Cl2IN5O4/c1-3-21(2)39-30(40)38(20-37-39)25-9-5-23(6-10-25)35-14-15-36-24-7-11-26(12-8-24)41-17-27-18-42-31(19-34,43-27)28-13-4-22(32)16-29(28)33/h4-13,16,20-21,27,35-36H,3,14-15,17-19H2,1-2H3/t21?,27?,31-/m0/s1. The summed E-state index contributed by atoms with van der Waals surface area (Å²) >= 11 is 14.7. The fourth-order valence-electron chi connectivity index (χ4n) is 4.71. The second-order valence-corrected chi connectivity index (χ2v) is 11.9. The molecule has 12 heteroatoms. The van der Waals surface area contributed by atoms with Crippen molar-refractivity contribution in [3.8, 4) is 11.4 Å². The third-order valence-electron chi connectivity index (χ3n) is 7.30. The highest BCUT2D eigenvalue weighted by atomic mass is 127. The number of ether oxygens (including phenoxy) is 3. The molecule has 5 rings (SSSR count). The van der Waals surface area contributed by atoms with Crippen molar-refractivity contribution in [3.05, 3.63) is 99.2 Å². The van der Waals surface area contributed by atoms with Gasteiger partial charge >= 0.3 is 5.69 Å². The zero-order valence-corrected chi connectivity index (χ0v) is 27.6. The summed E-state index contributed by atoms with van der Waals surface area (Å²) < 4.78 is 22.0. The lowest BCUT2D eigenvalue weighted by Gasteiger charge is -2.27. The van der Waals surface area contributed by atoms with Crippen molar-refractivity contribution < 1.29 is 14.2 Å². The van der Waals surface area contributed by atoms with Crippen molar-refractivity contribution in [2.45, 2.75) is 38.2 Å². The minimum atomic E-state index is -0.920. The molecular formula is C31H34Cl2IN5O4. The zero-order valence-electron chi connectivity index (χ0n) is 23.9. The van der Waals surface area contributed by atoms with Gasteiger partial charge in [0.1, 0.15) is 24.8 Å². The van der Waals surface area contributed by atoms with Crippen LogP contribution >= 0.6 is 45.8 Å². The summed E-state index contributed by atoms with van der Waals surface area (Å²) in [5.74, 6) is -0.172. The zero-order chi connectivity index (χ0) is 30.4. The highest BCUT2D eigenvalue weighted by Gasteiger charge is 2.44. The van der Waals surface area contributed by atoms with E-state index in [1.54, 1.807) is 23.0 Å². The Kier molecular flexibility index (Phi) is 10.6. The van der Waals surface area contributed by atoms with E-state index < -0.39 is 5.79 Å². The largest absolute Gasteiger partial charge is 0.491 e. The van der Waals surface area contributed by atoms with Gasteiger partial charge in [-0.05, 0) is 74.0 Å². The molecule has 1 saturated heterocycles. The van der Waals surface area contributed by atoms with Crippen LogP contribution in [0.2, 0.25) is 10.0 Å². The lowest BCUT2D eigenvalue weighted by molar-refractivity contribution is -0.158. The van der Waals surface area contributed by atoms with Crippen LogP contribution in [0.4, 0.5) is 11.4 Å². The highest BCUT2D eigenvalue weighted by Crippen LogP contribution is 2.40. The fourth-order valence-corrected chi connectivity index (χ4v) is 6.07. The van der Waals surface area contributed by atoms with Crippen molar-refractivity contribution in [2.75, 3.05) is 41.4 Å². The highest BCUT2D eigenvalue weighted by molar-refractivity contribution is 14.1. The number of nitrogens with one attached hydrogen (secondary N) is 2. The van der Waals surface area contributed by atoms with E-state index in [-0.39, 0.29) is 17.8 Å². The van der Waals surface area contributed by atoms with Crippen LogP contribution in [0, 0.1) is 0 Å². The molecule has 1 aromatic heterocycles. The maximum atomic E-state index is 12.6. The summed E-state index contributed by atoms with van der Waals surface area (Å²) in [6.07, 6.45) is 2.19.